The molecule has 1 atom stereocenters. The topological polar surface area (TPSA) is 78.0 Å². The van der Waals surface area contributed by atoms with Crippen molar-refractivity contribution in [2.45, 2.75) is 39.7 Å². The number of halogens is 3. The molecule has 1 aromatic heterocycles. The molecule has 0 aliphatic heterocycles. The number of benzene rings is 2. The average Bonchev–Trinajstić information content (AvgIpc) is 2.79. The Labute approximate surface area is 213 Å². The molecule has 0 radical (unpaired) electrons. The normalized spacial score (nSPS) is 11.2. The Hall–Kier alpha value is -2.68. The Morgan fingerprint density at radius 1 is 0.794 bits per heavy atom. The molecule has 0 saturated carbocycles. The zero-order valence-corrected chi connectivity index (χ0v) is 21.4. The first-order valence-corrected chi connectivity index (χ1v) is 11.1. The maximum Gasteiger partial charge on any atom is 0.233 e. The minimum Gasteiger partial charge on any atom is -0.352 e. The fourth-order valence-corrected chi connectivity index (χ4v) is 3.32. The lowest BCUT2D eigenvalue weighted by molar-refractivity contribution is 0.295. The molecule has 0 aliphatic carbocycles. The van der Waals surface area contributed by atoms with Gasteiger partial charge in [0.2, 0.25) is 17.8 Å². The van der Waals surface area contributed by atoms with Gasteiger partial charge in [-0.15, -0.1) is 24.8 Å². The summed E-state index contributed by atoms with van der Waals surface area (Å²) in [5, 5.41) is 9.74. The van der Waals surface area contributed by atoms with Crippen molar-refractivity contribution < 1.29 is 4.39 Å². The number of rotatable bonds is 12. The van der Waals surface area contributed by atoms with Gasteiger partial charge in [0.25, 0.3) is 0 Å². The van der Waals surface area contributed by atoms with Gasteiger partial charge < -0.3 is 20.9 Å². The van der Waals surface area contributed by atoms with E-state index >= 15 is 0 Å². The minimum atomic E-state index is -0.293. The van der Waals surface area contributed by atoms with Crippen LogP contribution in [0.2, 0.25) is 0 Å². The molecule has 3 N–H and O–H groups in total. The summed E-state index contributed by atoms with van der Waals surface area (Å²) in [5.41, 5.74) is 1.58. The van der Waals surface area contributed by atoms with E-state index in [9.17, 15) is 4.39 Å². The van der Waals surface area contributed by atoms with Crippen LogP contribution in [0, 0.1) is 5.82 Å². The van der Waals surface area contributed by atoms with Gasteiger partial charge in [-0.05, 0) is 75.8 Å². The summed E-state index contributed by atoms with van der Waals surface area (Å²) in [6, 6.07) is 16.0. The fourth-order valence-electron chi connectivity index (χ4n) is 3.32. The molecule has 0 bridgehead atoms. The van der Waals surface area contributed by atoms with Crippen LogP contribution in [0.5, 0.6) is 0 Å². The predicted molar refractivity (Wildman–Crippen MR) is 144 cm³/mol. The standard InChI is InChI=1S/C24H32FN7.2ClH/c1-4-32(5-2)17-9-10-18(3)26-22-29-23(27-20-11-7-6-8-12-20)31-24(30-22)28-21-15-13-19(25)14-16-21;;/h6-8,11-16,18H,4-5,9-10,17H2,1-3H3,(H3,26,27,28,29,30,31);2*1H. The van der Waals surface area contributed by atoms with E-state index in [1.165, 1.54) is 12.1 Å². The number of hydrogen-bond donors (Lipinski definition) is 3. The highest BCUT2D eigenvalue weighted by Crippen LogP contribution is 2.19. The number of hydrogen-bond acceptors (Lipinski definition) is 7. The summed E-state index contributed by atoms with van der Waals surface area (Å²) in [7, 11) is 0. The van der Waals surface area contributed by atoms with Crippen molar-refractivity contribution in [3.8, 4) is 0 Å². The van der Waals surface area contributed by atoms with E-state index in [0.717, 1.165) is 38.2 Å². The molecule has 0 saturated heterocycles. The van der Waals surface area contributed by atoms with Crippen LogP contribution in [0.1, 0.15) is 33.6 Å². The Balaban J connectivity index is 0.00000289. The molecule has 0 amide bonds. The van der Waals surface area contributed by atoms with Crippen LogP contribution >= 0.6 is 24.8 Å². The SMILES string of the molecule is CCN(CC)CCCC(C)Nc1nc(Nc2ccccc2)nc(Nc2ccc(F)cc2)n1.Cl.Cl. The molecular weight excluding hydrogens is 476 g/mol. The second-order valence-electron chi connectivity index (χ2n) is 7.64. The maximum atomic E-state index is 13.2. The monoisotopic (exact) mass is 509 g/mol. The molecule has 3 aromatic rings. The van der Waals surface area contributed by atoms with E-state index in [1.807, 2.05) is 30.3 Å². The van der Waals surface area contributed by atoms with Crippen molar-refractivity contribution in [2.75, 3.05) is 35.6 Å². The van der Waals surface area contributed by atoms with Gasteiger partial charge in [0.05, 0.1) is 0 Å². The summed E-state index contributed by atoms with van der Waals surface area (Å²) in [5.74, 6) is 0.994. The number of nitrogens with one attached hydrogen (secondary N) is 3. The van der Waals surface area contributed by atoms with Crippen molar-refractivity contribution in [2.24, 2.45) is 0 Å². The van der Waals surface area contributed by atoms with Crippen molar-refractivity contribution in [1.29, 1.82) is 0 Å². The van der Waals surface area contributed by atoms with Crippen molar-refractivity contribution in [3.63, 3.8) is 0 Å². The van der Waals surface area contributed by atoms with Gasteiger partial charge in [-0.2, -0.15) is 15.0 Å². The van der Waals surface area contributed by atoms with Gasteiger partial charge in [0, 0.05) is 17.4 Å². The lowest BCUT2D eigenvalue weighted by Gasteiger charge is -2.20. The van der Waals surface area contributed by atoms with E-state index in [0.29, 0.717) is 23.5 Å². The van der Waals surface area contributed by atoms with E-state index < -0.39 is 0 Å². The van der Waals surface area contributed by atoms with Crippen LogP contribution in [0.3, 0.4) is 0 Å². The maximum absolute atomic E-state index is 13.2. The predicted octanol–water partition coefficient (Wildman–Crippen LogP) is 6.26. The summed E-state index contributed by atoms with van der Waals surface area (Å²) in [4.78, 5) is 16.0. The van der Waals surface area contributed by atoms with Crippen LogP contribution in [0.25, 0.3) is 0 Å². The van der Waals surface area contributed by atoms with Crippen LogP contribution in [-0.4, -0.2) is 45.5 Å². The van der Waals surface area contributed by atoms with Crippen molar-refractivity contribution in [3.05, 3.63) is 60.4 Å². The van der Waals surface area contributed by atoms with Gasteiger partial charge in [0.15, 0.2) is 0 Å². The number of anilines is 5. The molecule has 7 nitrogen and oxygen atoms in total. The number of aromatic nitrogens is 3. The van der Waals surface area contributed by atoms with Gasteiger partial charge in [0.1, 0.15) is 5.82 Å². The molecule has 10 heteroatoms. The highest BCUT2D eigenvalue weighted by Gasteiger charge is 2.11. The first-order chi connectivity index (χ1) is 15.6. The third-order valence-corrected chi connectivity index (χ3v) is 5.15. The highest BCUT2D eigenvalue weighted by molar-refractivity contribution is 5.85. The Bertz CT molecular complexity index is 957. The molecule has 1 unspecified atom stereocenters. The zero-order chi connectivity index (χ0) is 22.8. The largest absolute Gasteiger partial charge is 0.352 e. The lowest BCUT2D eigenvalue weighted by atomic mass is 10.2. The highest BCUT2D eigenvalue weighted by atomic mass is 35.5. The van der Waals surface area contributed by atoms with E-state index in [2.05, 4.69) is 56.6 Å². The zero-order valence-electron chi connectivity index (χ0n) is 19.8. The fraction of sp³-hybridized carbons (Fsp3) is 0.375. The molecule has 3 rings (SSSR count). The Morgan fingerprint density at radius 3 is 1.88 bits per heavy atom. The Morgan fingerprint density at radius 2 is 1.32 bits per heavy atom. The second-order valence-corrected chi connectivity index (χ2v) is 7.64. The van der Waals surface area contributed by atoms with Crippen LogP contribution in [-0.2, 0) is 0 Å². The van der Waals surface area contributed by atoms with Crippen LogP contribution < -0.4 is 16.0 Å². The molecule has 0 fully saturated rings. The minimum absolute atomic E-state index is 0. The van der Waals surface area contributed by atoms with E-state index in [1.54, 1.807) is 12.1 Å². The summed E-state index contributed by atoms with van der Waals surface area (Å²) in [6.45, 7) is 9.72. The first-order valence-electron chi connectivity index (χ1n) is 11.1. The van der Waals surface area contributed by atoms with Gasteiger partial charge in [-0.3, -0.25) is 0 Å². The molecule has 0 spiro atoms. The quantitative estimate of drug-likeness (QED) is 0.265. The lowest BCUT2D eigenvalue weighted by Crippen LogP contribution is -2.26. The van der Waals surface area contributed by atoms with Gasteiger partial charge in [-0.25, -0.2) is 4.39 Å². The van der Waals surface area contributed by atoms with Crippen molar-refractivity contribution >= 4 is 54.0 Å². The van der Waals surface area contributed by atoms with Crippen molar-refractivity contribution in [1.82, 2.24) is 19.9 Å². The smallest absolute Gasteiger partial charge is 0.233 e. The summed E-state index contributed by atoms with van der Waals surface area (Å²) < 4.78 is 13.2. The van der Waals surface area contributed by atoms with Gasteiger partial charge >= 0.3 is 0 Å². The second kappa shape index (κ2) is 15.3. The molecule has 186 valence electrons. The third kappa shape index (κ3) is 9.67. The third-order valence-electron chi connectivity index (χ3n) is 5.15. The van der Waals surface area contributed by atoms with E-state index in [4.69, 9.17) is 0 Å². The first kappa shape index (κ1) is 29.4. The Kier molecular flexibility index (Phi) is 13.2. The van der Waals surface area contributed by atoms with E-state index in [-0.39, 0.29) is 36.7 Å². The average molecular weight is 510 g/mol. The molecule has 2 aromatic carbocycles. The summed E-state index contributed by atoms with van der Waals surface area (Å²) in [6.07, 6.45) is 2.10. The molecular formula is C24H34Cl2FN7. The molecule has 0 aliphatic rings. The van der Waals surface area contributed by atoms with Crippen LogP contribution in [0.4, 0.5) is 33.6 Å². The van der Waals surface area contributed by atoms with Gasteiger partial charge in [-0.1, -0.05) is 32.0 Å². The number of para-hydroxylation sites is 1. The molecule has 34 heavy (non-hydrogen) atoms. The van der Waals surface area contributed by atoms with Crippen LogP contribution in [0.15, 0.2) is 54.6 Å². The molecule has 1 heterocycles. The summed E-state index contributed by atoms with van der Waals surface area (Å²) >= 11 is 0. The number of nitrogens with zero attached hydrogens (tertiary/aromatic N) is 4.